The van der Waals surface area contributed by atoms with Gasteiger partial charge in [-0.15, -0.1) is 0 Å². The van der Waals surface area contributed by atoms with Gasteiger partial charge in [-0.05, 0) is 30.7 Å². The maximum atomic E-state index is 11.9. The number of carbonyl (C=O) groups is 3. The zero-order valence-electron chi connectivity index (χ0n) is 12.9. The minimum Gasteiger partial charge on any atom is -0.481 e. The van der Waals surface area contributed by atoms with Crippen LogP contribution in [0.25, 0.3) is 0 Å². The van der Waals surface area contributed by atoms with Gasteiger partial charge in [0.15, 0.2) is 0 Å². The Labute approximate surface area is 129 Å². The van der Waals surface area contributed by atoms with E-state index in [4.69, 9.17) is 5.11 Å². The van der Waals surface area contributed by atoms with Crippen LogP contribution in [0.2, 0.25) is 0 Å². The van der Waals surface area contributed by atoms with Gasteiger partial charge in [0.2, 0.25) is 5.91 Å². The topological polar surface area (TPSA) is 95.5 Å². The van der Waals surface area contributed by atoms with E-state index in [1.165, 1.54) is 0 Å². The molecule has 0 saturated carbocycles. The van der Waals surface area contributed by atoms with Crippen LogP contribution in [0.5, 0.6) is 0 Å². The first-order chi connectivity index (χ1) is 10.4. The quantitative estimate of drug-likeness (QED) is 0.686. The van der Waals surface area contributed by atoms with Crippen LogP contribution in [0.1, 0.15) is 43.5 Å². The Bertz CT molecular complexity index is 525. The number of nitrogens with one attached hydrogen (secondary N) is 2. The van der Waals surface area contributed by atoms with E-state index >= 15 is 0 Å². The van der Waals surface area contributed by atoms with Crippen molar-refractivity contribution in [1.82, 2.24) is 5.32 Å². The Hall–Kier alpha value is -2.37. The normalized spacial score (nSPS) is 11.5. The SMILES string of the molecule is CCCC(C)C(=O)Nc1ccc(C(=O)NCCC(=O)O)cc1. The average Bonchev–Trinajstić information content (AvgIpc) is 2.47. The van der Waals surface area contributed by atoms with E-state index in [-0.39, 0.29) is 30.7 Å². The van der Waals surface area contributed by atoms with Gasteiger partial charge in [0, 0.05) is 23.7 Å². The molecule has 6 nitrogen and oxygen atoms in total. The van der Waals surface area contributed by atoms with Crippen LogP contribution >= 0.6 is 0 Å². The van der Waals surface area contributed by atoms with Gasteiger partial charge in [0.25, 0.3) is 5.91 Å². The van der Waals surface area contributed by atoms with E-state index in [2.05, 4.69) is 10.6 Å². The first kappa shape index (κ1) is 17.7. The standard InChI is InChI=1S/C16H22N2O4/c1-3-4-11(2)15(21)18-13-7-5-12(6-8-13)16(22)17-10-9-14(19)20/h5-8,11H,3-4,9-10H2,1-2H3,(H,17,22)(H,18,21)(H,19,20). The van der Waals surface area contributed by atoms with Crippen LogP contribution in [0, 0.1) is 5.92 Å². The number of aliphatic carboxylic acids is 1. The van der Waals surface area contributed by atoms with E-state index in [1.807, 2.05) is 13.8 Å². The highest BCUT2D eigenvalue weighted by Crippen LogP contribution is 2.13. The van der Waals surface area contributed by atoms with Crippen LogP contribution in [0.15, 0.2) is 24.3 Å². The van der Waals surface area contributed by atoms with Crippen LogP contribution in [0.4, 0.5) is 5.69 Å². The van der Waals surface area contributed by atoms with Crippen LogP contribution in [0.3, 0.4) is 0 Å². The molecule has 0 aliphatic carbocycles. The number of carbonyl (C=O) groups excluding carboxylic acids is 2. The van der Waals surface area contributed by atoms with Gasteiger partial charge in [-0.2, -0.15) is 0 Å². The zero-order chi connectivity index (χ0) is 16.5. The molecule has 0 bridgehead atoms. The fourth-order valence-electron chi connectivity index (χ4n) is 1.92. The van der Waals surface area contributed by atoms with Crippen LogP contribution in [-0.4, -0.2) is 29.4 Å². The van der Waals surface area contributed by atoms with E-state index < -0.39 is 5.97 Å². The third-order valence-electron chi connectivity index (χ3n) is 3.21. The van der Waals surface area contributed by atoms with Crippen LogP contribution in [-0.2, 0) is 9.59 Å². The van der Waals surface area contributed by atoms with Crippen molar-refractivity contribution < 1.29 is 19.5 Å². The van der Waals surface area contributed by atoms with E-state index in [1.54, 1.807) is 24.3 Å². The molecule has 0 radical (unpaired) electrons. The van der Waals surface area contributed by atoms with Crippen molar-refractivity contribution in [2.45, 2.75) is 33.1 Å². The van der Waals surface area contributed by atoms with Gasteiger partial charge in [-0.1, -0.05) is 20.3 Å². The number of benzene rings is 1. The van der Waals surface area contributed by atoms with Crippen molar-refractivity contribution in [3.05, 3.63) is 29.8 Å². The van der Waals surface area contributed by atoms with Crippen molar-refractivity contribution in [3.8, 4) is 0 Å². The number of carboxylic acid groups (broad SMARTS) is 1. The van der Waals surface area contributed by atoms with Gasteiger partial charge in [0.1, 0.15) is 0 Å². The summed E-state index contributed by atoms with van der Waals surface area (Å²) < 4.78 is 0. The molecule has 22 heavy (non-hydrogen) atoms. The smallest absolute Gasteiger partial charge is 0.305 e. The highest BCUT2D eigenvalue weighted by atomic mass is 16.4. The maximum absolute atomic E-state index is 11.9. The fraction of sp³-hybridized carbons (Fsp3) is 0.438. The molecule has 0 aliphatic heterocycles. The Morgan fingerprint density at radius 2 is 1.82 bits per heavy atom. The molecule has 1 rings (SSSR count). The van der Waals surface area contributed by atoms with Crippen molar-refractivity contribution >= 4 is 23.5 Å². The van der Waals surface area contributed by atoms with Gasteiger partial charge < -0.3 is 15.7 Å². The molecule has 6 heteroatoms. The molecular formula is C16H22N2O4. The van der Waals surface area contributed by atoms with Crippen molar-refractivity contribution in [2.24, 2.45) is 5.92 Å². The van der Waals surface area contributed by atoms with E-state index in [0.29, 0.717) is 11.3 Å². The maximum Gasteiger partial charge on any atom is 0.305 e. The second-order valence-corrected chi connectivity index (χ2v) is 5.16. The van der Waals surface area contributed by atoms with Crippen molar-refractivity contribution in [1.29, 1.82) is 0 Å². The molecule has 1 unspecified atom stereocenters. The summed E-state index contributed by atoms with van der Waals surface area (Å²) in [6.07, 6.45) is 1.66. The molecule has 1 aromatic rings. The fourth-order valence-corrected chi connectivity index (χ4v) is 1.92. The van der Waals surface area contributed by atoms with Crippen molar-refractivity contribution in [3.63, 3.8) is 0 Å². The van der Waals surface area contributed by atoms with Crippen LogP contribution < -0.4 is 10.6 Å². The zero-order valence-corrected chi connectivity index (χ0v) is 12.9. The Kier molecular flexibility index (Phi) is 7.08. The second kappa shape index (κ2) is 8.81. The molecule has 0 spiro atoms. The Morgan fingerprint density at radius 1 is 1.18 bits per heavy atom. The lowest BCUT2D eigenvalue weighted by Gasteiger charge is -2.11. The minimum absolute atomic E-state index is 0.0412. The summed E-state index contributed by atoms with van der Waals surface area (Å²) >= 11 is 0. The predicted octanol–water partition coefficient (Wildman–Crippen LogP) is 2.27. The molecular weight excluding hydrogens is 284 g/mol. The lowest BCUT2D eigenvalue weighted by molar-refractivity contribution is -0.136. The molecule has 120 valence electrons. The summed E-state index contributed by atoms with van der Waals surface area (Å²) in [6, 6.07) is 6.50. The van der Waals surface area contributed by atoms with Gasteiger partial charge in [0.05, 0.1) is 6.42 Å². The molecule has 2 amide bonds. The number of hydrogen-bond acceptors (Lipinski definition) is 3. The number of carboxylic acids is 1. The molecule has 1 atom stereocenters. The Balaban J connectivity index is 2.53. The second-order valence-electron chi connectivity index (χ2n) is 5.16. The molecule has 3 N–H and O–H groups in total. The molecule has 0 fully saturated rings. The molecule has 0 heterocycles. The third kappa shape index (κ3) is 5.95. The van der Waals surface area contributed by atoms with E-state index in [0.717, 1.165) is 12.8 Å². The third-order valence-corrected chi connectivity index (χ3v) is 3.21. The van der Waals surface area contributed by atoms with Crippen molar-refractivity contribution in [2.75, 3.05) is 11.9 Å². The first-order valence-electron chi connectivity index (χ1n) is 7.35. The molecule has 0 saturated heterocycles. The van der Waals surface area contributed by atoms with E-state index in [9.17, 15) is 14.4 Å². The predicted molar refractivity (Wildman–Crippen MR) is 83.7 cm³/mol. The summed E-state index contributed by atoms with van der Waals surface area (Å²) in [5.74, 6) is -1.39. The van der Waals surface area contributed by atoms with Gasteiger partial charge in [-0.3, -0.25) is 14.4 Å². The number of rotatable bonds is 8. The monoisotopic (exact) mass is 306 g/mol. The van der Waals surface area contributed by atoms with Gasteiger partial charge in [-0.25, -0.2) is 0 Å². The Morgan fingerprint density at radius 3 is 2.36 bits per heavy atom. The average molecular weight is 306 g/mol. The molecule has 1 aromatic carbocycles. The summed E-state index contributed by atoms with van der Waals surface area (Å²) in [5, 5.41) is 13.8. The summed E-state index contributed by atoms with van der Waals surface area (Å²) in [7, 11) is 0. The molecule has 0 aliphatic rings. The lowest BCUT2D eigenvalue weighted by atomic mass is 10.1. The first-order valence-corrected chi connectivity index (χ1v) is 7.35. The highest BCUT2D eigenvalue weighted by Gasteiger charge is 2.12. The summed E-state index contributed by atoms with van der Waals surface area (Å²) in [4.78, 5) is 34.0. The number of hydrogen-bond donors (Lipinski definition) is 3. The lowest BCUT2D eigenvalue weighted by Crippen LogP contribution is -2.26. The number of anilines is 1. The summed E-state index contributed by atoms with van der Waals surface area (Å²) in [5.41, 5.74) is 1.06. The highest BCUT2D eigenvalue weighted by molar-refractivity contribution is 5.96. The molecule has 0 aromatic heterocycles. The van der Waals surface area contributed by atoms with Gasteiger partial charge >= 0.3 is 5.97 Å². The minimum atomic E-state index is -0.959. The summed E-state index contributed by atoms with van der Waals surface area (Å²) in [6.45, 7) is 3.99. The largest absolute Gasteiger partial charge is 0.481 e. The number of amides is 2.